The van der Waals surface area contributed by atoms with E-state index in [2.05, 4.69) is 66.2 Å². The molecule has 0 spiro atoms. The van der Waals surface area contributed by atoms with Gasteiger partial charge in [0.25, 0.3) is 0 Å². The largest absolute Gasteiger partial charge is 0.488 e. The third-order valence-electron chi connectivity index (χ3n) is 7.83. The molecule has 0 unspecified atom stereocenters. The van der Waals surface area contributed by atoms with E-state index in [1.807, 2.05) is 24.3 Å². The number of nitrogens with one attached hydrogen (secondary N) is 1. The minimum absolute atomic E-state index is 0.0843. The van der Waals surface area contributed by atoms with E-state index in [-0.39, 0.29) is 6.10 Å². The normalized spacial score (nSPS) is 14.7. The van der Waals surface area contributed by atoms with Crippen molar-refractivity contribution in [2.24, 2.45) is 5.92 Å². The number of ether oxygens (including phenoxy) is 2. The summed E-state index contributed by atoms with van der Waals surface area (Å²) < 4.78 is 12.2. The maximum Gasteiger partial charge on any atom is 0.150 e. The van der Waals surface area contributed by atoms with E-state index in [9.17, 15) is 0 Å². The lowest BCUT2D eigenvalue weighted by Gasteiger charge is -2.32. The van der Waals surface area contributed by atoms with Crippen LogP contribution in [0.25, 0.3) is 11.0 Å². The van der Waals surface area contributed by atoms with Crippen LogP contribution >= 0.6 is 11.6 Å². The van der Waals surface area contributed by atoms with Crippen molar-refractivity contribution in [3.8, 4) is 11.5 Å². The highest BCUT2D eigenvalue weighted by atomic mass is 35.5. The van der Waals surface area contributed by atoms with Crippen molar-refractivity contribution < 1.29 is 9.47 Å². The highest BCUT2D eigenvalue weighted by Crippen LogP contribution is 2.32. The zero-order valence-corrected chi connectivity index (χ0v) is 24.6. The summed E-state index contributed by atoms with van der Waals surface area (Å²) in [6, 6.07) is 22.6. The van der Waals surface area contributed by atoms with Crippen molar-refractivity contribution in [3.05, 3.63) is 88.7 Å². The summed E-state index contributed by atoms with van der Waals surface area (Å²) in [4.78, 5) is 10.9. The average molecular weight is 560 g/mol. The summed E-state index contributed by atoms with van der Waals surface area (Å²) in [5, 5.41) is 0.694. The second-order valence-electron chi connectivity index (χ2n) is 11.3. The fourth-order valence-corrected chi connectivity index (χ4v) is 5.82. The Morgan fingerprint density at radius 3 is 2.48 bits per heavy atom. The Morgan fingerprint density at radius 1 is 0.950 bits per heavy atom. The van der Waals surface area contributed by atoms with Crippen LogP contribution in [0.3, 0.4) is 0 Å². The van der Waals surface area contributed by atoms with Gasteiger partial charge in [0.15, 0.2) is 5.75 Å². The number of likely N-dealkylation sites (tertiary alicyclic amines) is 1. The van der Waals surface area contributed by atoms with E-state index in [4.69, 9.17) is 26.1 Å². The topological polar surface area (TPSA) is 50.4 Å². The van der Waals surface area contributed by atoms with Gasteiger partial charge in [0.05, 0.1) is 11.6 Å². The Morgan fingerprint density at radius 2 is 1.73 bits per heavy atom. The summed E-state index contributed by atoms with van der Waals surface area (Å²) in [6.45, 7) is 8.20. The summed E-state index contributed by atoms with van der Waals surface area (Å²) in [7, 11) is 0. The molecule has 1 aliphatic heterocycles. The molecule has 0 aliphatic carbocycles. The van der Waals surface area contributed by atoms with E-state index in [1.165, 1.54) is 69.3 Å². The van der Waals surface area contributed by atoms with Gasteiger partial charge in [-0.05, 0) is 119 Å². The molecule has 5 nitrogen and oxygen atoms in total. The zero-order chi connectivity index (χ0) is 27.7. The quantitative estimate of drug-likeness (QED) is 0.179. The van der Waals surface area contributed by atoms with Gasteiger partial charge in [-0.3, -0.25) is 0 Å². The Bertz CT molecular complexity index is 1330. The predicted octanol–water partition coefficient (Wildman–Crippen LogP) is 8.25. The molecule has 0 radical (unpaired) electrons. The number of benzene rings is 3. The van der Waals surface area contributed by atoms with Crippen LogP contribution in [0.1, 0.15) is 62.9 Å². The average Bonchev–Trinajstić information content (AvgIpc) is 3.39. The van der Waals surface area contributed by atoms with E-state index in [0.717, 1.165) is 40.7 Å². The molecule has 0 saturated carbocycles. The number of halogens is 1. The lowest BCUT2D eigenvalue weighted by molar-refractivity contribution is 0.176. The van der Waals surface area contributed by atoms with Crippen LogP contribution in [0.5, 0.6) is 11.5 Å². The van der Waals surface area contributed by atoms with Gasteiger partial charge < -0.3 is 19.4 Å². The number of piperidine rings is 1. The van der Waals surface area contributed by atoms with E-state index in [0.29, 0.717) is 11.6 Å². The first kappa shape index (κ1) is 28.5. The van der Waals surface area contributed by atoms with Gasteiger partial charge in [0, 0.05) is 5.02 Å². The number of imidazole rings is 1. The molecule has 1 aromatic heterocycles. The Kier molecular flexibility index (Phi) is 10.0. The van der Waals surface area contributed by atoms with Gasteiger partial charge in [0.2, 0.25) is 0 Å². The number of hydrogen-bond donors (Lipinski definition) is 1. The van der Waals surface area contributed by atoms with Crippen LogP contribution < -0.4 is 9.47 Å². The van der Waals surface area contributed by atoms with Crippen LogP contribution in [0.4, 0.5) is 0 Å². The van der Waals surface area contributed by atoms with E-state index < -0.39 is 0 Å². The number of nitrogens with zero attached hydrogens (tertiary/aromatic N) is 2. The number of rotatable bonds is 13. The molecular weight excluding hydrogens is 518 g/mol. The molecule has 212 valence electrons. The Balaban J connectivity index is 1.12. The van der Waals surface area contributed by atoms with E-state index in [1.54, 1.807) is 0 Å². The van der Waals surface area contributed by atoms with Gasteiger partial charge >= 0.3 is 0 Å². The van der Waals surface area contributed by atoms with Crippen molar-refractivity contribution in [2.75, 3.05) is 19.6 Å². The van der Waals surface area contributed by atoms with Gasteiger partial charge in [-0.1, -0.05) is 54.4 Å². The lowest BCUT2D eigenvalue weighted by Crippen LogP contribution is -2.34. The predicted molar refractivity (Wildman–Crippen MR) is 165 cm³/mol. The third kappa shape index (κ3) is 8.02. The first-order valence-electron chi connectivity index (χ1n) is 14.9. The molecule has 0 bridgehead atoms. The molecule has 1 saturated heterocycles. The highest BCUT2D eigenvalue weighted by Gasteiger charge is 2.20. The minimum atomic E-state index is 0.0843. The third-order valence-corrected chi connectivity index (χ3v) is 8.08. The summed E-state index contributed by atoms with van der Waals surface area (Å²) in [6.07, 6.45) is 8.61. The Hall–Kier alpha value is -3.02. The SMILES string of the molecule is CC(C)Oc1c(CCCC2CCN(CCCc3ccccc3)CC2)ccc2[nH]c(COc3ccc(Cl)cc3)nc12. The number of aryl methyl sites for hydroxylation is 2. The van der Waals surface area contributed by atoms with Crippen LogP contribution in [-0.2, 0) is 19.4 Å². The van der Waals surface area contributed by atoms with Gasteiger partial charge in [-0.25, -0.2) is 4.98 Å². The molecule has 4 aromatic rings. The van der Waals surface area contributed by atoms with Crippen molar-refractivity contribution >= 4 is 22.6 Å². The number of fused-ring (bicyclic) bond motifs is 1. The molecule has 0 amide bonds. The number of aromatic amines is 1. The van der Waals surface area contributed by atoms with Crippen LogP contribution in [0.2, 0.25) is 5.02 Å². The molecular formula is C34H42ClN3O2. The monoisotopic (exact) mass is 559 g/mol. The molecule has 1 fully saturated rings. The fraction of sp³-hybridized carbons (Fsp3) is 0.441. The molecule has 40 heavy (non-hydrogen) atoms. The Labute approximate surface area is 243 Å². The summed E-state index contributed by atoms with van der Waals surface area (Å²) in [5.41, 5.74) is 4.57. The van der Waals surface area contributed by atoms with Crippen molar-refractivity contribution in [1.29, 1.82) is 0 Å². The molecule has 1 aliphatic rings. The molecule has 2 heterocycles. The van der Waals surface area contributed by atoms with Crippen molar-refractivity contribution in [1.82, 2.24) is 14.9 Å². The lowest BCUT2D eigenvalue weighted by atomic mass is 9.90. The van der Waals surface area contributed by atoms with Gasteiger partial charge in [-0.2, -0.15) is 0 Å². The zero-order valence-electron chi connectivity index (χ0n) is 23.9. The molecule has 3 aromatic carbocycles. The summed E-state index contributed by atoms with van der Waals surface area (Å²) >= 11 is 5.99. The molecule has 1 N–H and O–H groups in total. The second-order valence-corrected chi connectivity index (χ2v) is 11.7. The molecule has 0 atom stereocenters. The maximum atomic E-state index is 6.33. The second kappa shape index (κ2) is 14.0. The standard InChI is InChI=1S/C34H42ClN3O2/c1-25(2)40-34-28(13-18-31-33(34)37-32(36-31)24-39-30-16-14-29(35)15-17-30)12-6-10-27-19-22-38(23-20-27)21-7-11-26-8-4-3-5-9-26/h3-5,8-9,13-18,25,27H,6-7,10-12,19-24H2,1-2H3,(H,36,37). The van der Waals surface area contributed by atoms with Crippen LogP contribution in [-0.4, -0.2) is 40.6 Å². The number of H-pyrrole nitrogens is 1. The smallest absolute Gasteiger partial charge is 0.150 e. The van der Waals surface area contributed by atoms with E-state index >= 15 is 0 Å². The van der Waals surface area contributed by atoms with Gasteiger partial charge in [-0.15, -0.1) is 0 Å². The van der Waals surface area contributed by atoms with Crippen molar-refractivity contribution in [3.63, 3.8) is 0 Å². The first-order chi connectivity index (χ1) is 19.5. The molecule has 5 rings (SSSR count). The number of aromatic nitrogens is 2. The maximum absolute atomic E-state index is 6.33. The first-order valence-corrected chi connectivity index (χ1v) is 15.2. The van der Waals surface area contributed by atoms with Crippen LogP contribution in [0.15, 0.2) is 66.7 Å². The number of hydrogen-bond acceptors (Lipinski definition) is 4. The summed E-state index contributed by atoms with van der Waals surface area (Å²) in [5.74, 6) is 3.29. The minimum Gasteiger partial charge on any atom is -0.488 e. The van der Waals surface area contributed by atoms with Gasteiger partial charge in [0.1, 0.15) is 23.7 Å². The van der Waals surface area contributed by atoms with Crippen molar-refractivity contribution in [2.45, 2.75) is 71.5 Å². The van der Waals surface area contributed by atoms with Crippen LogP contribution in [0, 0.1) is 5.92 Å². The fourth-order valence-electron chi connectivity index (χ4n) is 5.69. The highest BCUT2D eigenvalue weighted by molar-refractivity contribution is 6.30. The molecule has 6 heteroatoms.